The average Bonchev–Trinajstić information content (AvgIpc) is 2.64. The lowest BCUT2D eigenvalue weighted by atomic mass is 10.1. The highest BCUT2D eigenvalue weighted by Crippen LogP contribution is 2.26. The lowest BCUT2D eigenvalue weighted by molar-refractivity contribution is 0.0664. The first-order valence-corrected chi connectivity index (χ1v) is 6.93. The Morgan fingerprint density at radius 3 is 2.94 bits per heavy atom. The summed E-state index contributed by atoms with van der Waals surface area (Å²) < 4.78 is 5.83. The largest absolute Gasteiger partial charge is 0.376 e. The van der Waals surface area contributed by atoms with E-state index in [4.69, 9.17) is 10.5 Å². The predicted octanol–water partition coefficient (Wildman–Crippen LogP) is 2.71. The number of hydrogen-bond donors (Lipinski definition) is 1. The van der Waals surface area contributed by atoms with E-state index >= 15 is 0 Å². The molecule has 2 rings (SSSR count). The molecule has 0 aromatic heterocycles. The molecule has 0 radical (unpaired) electrons. The Labute approximate surface area is 110 Å². The quantitative estimate of drug-likeness (QED) is 0.894. The molecule has 1 aliphatic heterocycles. The lowest BCUT2D eigenvalue weighted by Gasteiger charge is -2.28. The number of para-hydroxylation sites is 1. The average molecular weight is 248 g/mol. The van der Waals surface area contributed by atoms with Crippen LogP contribution in [-0.4, -0.2) is 25.8 Å². The molecular formula is C15H24N2O. The van der Waals surface area contributed by atoms with E-state index in [9.17, 15) is 0 Å². The Balaban J connectivity index is 2.23. The van der Waals surface area contributed by atoms with E-state index in [-0.39, 0.29) is 6.04 Å². The van der Waals surface area contributed by atoms with Crippen molar-refractivity contribution in [1.82, 2.24) is 0 Å². The summed E-state index contributed by atoms with van der Waals surface area (Å²) in [6.45, 7) is 7.13. The van der Waals surface area contributed by atoms with Crippen molar-refractivity contribution in [2.24, 2.45) is 5.73 Å². The van der Waals surface area contributed by atoms with Crippen molar-refractivity contribution in [3.8, 4) is 0 Å². The Kier molecular flexibility index (Phi) is 4.61. The smallest absolute Gasteiger partial charge is 0.0747 e. The molecular weight excluding hydrogens is 224 g/mol. The second-order valence-corrected chi connectivity index (χ2v) is 5.05. The van der Waals surface area contributed by atoms with Gasteiger partial charge in [-0.05, 0) is 31.4 Å². The van der Waals surface area contributed by atoms with Gasteiger partial charge in [0.05, 0.1) is 6.10 Å². The SMILES string of the molecule is CCC1CN(c2ccccc2[C@@H](C)N)CCCO1. The fourth-order valence-electron chi connectivity index (χ4n) is 2.52. The van der Waals surface area contributed by atoms with Crippen molar-refractivity contribution >= 4 is 5.69 Å². The van der Waals surface area contributed by atoms with E-state index in [1.807, 2.05) is 6.92 Å². The first kappa shape index (κ1) is 13.4. The van der Waals surface area contributed by atoms with E-state index in [0.717, 1.165) is 32.5 Å². The van der Waals surface area contributed by atoms with Crippen LogP contribution >= 0.6 is 0 Å². The molecule has 0 saturated carbocycles. The molecule has 1 aromatic carbocycles. The van der Waals surface area contributed by atoms with Crippen molar-refractivity contribution in [3.63, 3.8) is 0 Å². The van der Waals surface area contributed by atoms with E-state index in [2.05, 4.69) is 36.1 Å². The predicted molar refractivity (Wildman–Crippen MR) is 75.9 cm³/mol. The zero-order valence-corrected chi connectivity index (χ0v) is 11.4. The molecule has 3 nitrogen and oxygen atoms in total. The van der Waals surface area contributed by atoms with Crippen LogP contribution in [-0.2, 0) is 4.74 Å². The van der Waals surface area contributed by atoms with Crippen molar-refractivity contribution in [1.29, 1.82) is 0 Å². The van der Waals surface area contributed by atoms with Crippen LogP contribution in [0.25, 0.3) is 0 Å². The van der Waals surface area contributed by atoms with Gasteiger partial charge in [-0.15, -0.1) is 0 Å². The second kappa shape index (κ2) is 6.21. The van der Waals surface area contributed by atoms with Crippen LogP contribution in [0.15, 0.2) is 24.3 Å². The summed E-state index contributed by atoms with van der Waals surface area (Å²) in [4.78, 5) is 2.43. The normalized spacial score (nSPS) is 22.6. The molecule has 0 bridgehead atoms. The molecule has 0 spiro atoms. The highest BCUT2D eigenvalue weighted by atomic mass is 16.5. The minimum Gasteiger partial charge on any atom is -0.376 e. The summed E-state index contributed by atoms with van der Waals surface area (Å²) in [5.41, 5.74) is 8.57. The molecule has 0 aliphatic carbocycles. The van der Waals surface area contributed by atoms with Crippen molar-refractivity contribution in [3.05, 3.63) is 29.8 Å². The maximum atomic E-state index is 6.07. The fourth-order valence-corrected chi connectivity index (χ4v) is 2.52. The van der Waals surface area contributed by atoms with Gasteiger partial charge in [0.15, 0.2) is 0 Å². The van der Waals surface area contributed by atoms with Crippen LogP contribution < -0.4 is 10.6 Å². The molecule has 100 valence electrons. The third-order valence-corrected chi connectivity index (χ3v) is 3.57. The maximum Gasteiger partial charge on any atom is 0.0747 e. The molecule has 18 heavy (non-hydrogen) atoms. The van der Waals surface area contributed by atoms with Crippen molar-refractivity contribution in [2.45, 2.75) is 38.8 Å². The summed E-state index contributed by atoms with van der Waals surface area (Å²) >= 11 is 0. The molecule has 2 N–H and O–H groups in total. The first-order valence-electron chi connectivity index (χ1n) is 6.93. The second-order valence-electron chi connectivity index (χ2n) is 5.05. The third-order valence-electron chi connectivity index (χ3n) is 3.57. The Morgan fingerprint density at radius 1 is 1.44 bits per heavy atom. The Morgan fingerprint density at radius 2 is 2.22 bits per heavy atom. The fraction of sp³-hybridized carbons (Fsp3) is 0.600. The standard InChI is InChI=1S/C15H24N2O/c1-3-13-11-17(9-6-10-18-13)15-8-5-4-7-14(15)12(2)16/h4-5,7-8,12-13H,3,6,9-11,16H2,1-2H3/t12-,13?/m1/s1. The Bertz CT molecular complexity index is 379. The van der Waals surface area contributed by atoms with Crippen LogP contribution in [0.3, 0.4) is 0 Å². The van der Waals surface area contributed by atoms with Gasteiger partial charge in [-0.2, -0.15) is 0 Å². The molecule has 0 amide bonds. The summed E-state index contributed by atoms with van der Waals surface area (Å²) in [6.07, 6.45) is 2.49. The van der Waals surface area contributed by atoms with Crippen molar-refractivity contribution in [2.75, 3.05) is 24.6 Å². The topological polar surface area (TPSA) is 38.5 Å². The van der Waals surface area contributed by atoms with Gasteiger partial charge in [-0.1, -0.05) is 25.1 Å². The number of rotatable bonds is 3. The van der Waals surface area contributed by atoms with Crippen molar-refractivity contribution < 1.29 is 4.74 Å². The van der Waals surface area contributed by atoms with Gasteiger partial charge in [-0.25, -0.2) is 0 Å². The van der Waals surface area contributed by atoms with Crippen LogP contribution in [0.5, 0.6) is 0 Å². The third kappa shape index (κ3) is 3.03. The molecule has 2 atom stereocenters. The first-order chi connectivity index (χ1) is 8.72. The lowest BCUT2D eigenvalue weighted by Crippen LogP contribution is -2.32. The molecule has 1 aromatic rings. The molecule has 1 heterocycles. The van der Waals surface area contributed by atoms with Gasteiger partial charge < -0.3 is 15.4 Å². The van der Waals surface area contributed by atoms with Gasteiger partial charge in [0.25, 0.3) is 0 Å². The van der Waals surface area contributed by atoms with E-state index < -0.39 is 0 Å². The Hall–Kier alpha value is -1.06. The number of hydrogen-bond acceptors (Lipinski definition) is 3. The van der Waals surface area contributed by atoms with Crippen LogP contribution in [0.4, 0.5) is 5.69 Å². The number of nitrogens with zero attached hydrogens (tertiary/aromatic N) is 1. The van der Waals surface area contributed by atoms with Gasteiger partial charge in [-0.3, -0.25) is 0 Å². The van der Waals surface area contributed by atoms with Gasteiger partial charge in [0, 0.05) is 31.4 Å². The molecule has 3 heteroatoms. The zero-order chi connectivity index (χ0) is 13.0. The van der Waals surface area contributed by atoms with Gasteiger partial charge in [0.2, 0.25) is 0 Å². The summed E-state index contributed by atoms with van der Waals surface area (Å²) in [5, 5.41) is 0. The molecule has 1 fully saturated rings. The highest BCUT2D eigenvalue weighted by molar-refractivity contribution is 5.55. The number of nitrogens with two attached hydrogens (primary N) is 1. The molecule has 1 unspecified atom stereocenters. The van der Waals surface area contributed by atoms with E-state index in [0.29, 0.717) is 6.10 Å². The maximum absolute atomic E-state index is 6.07. The highest BCUT2D eigenvalue weighted by Gasteiger charge is 2.20. The van der Waals surface area contributed by atoms with Crippen LogP contribution in [0.1, 0.15) is 38.3 Å². The molecule has 1 saturated heterocycles. The van der Waals surface area contributed by atoms with E-state index in [1.54, 1.807) is 0 Å². The molecule has 1 aliphatic rings. The number of anilines is 1. The monoisotopic (exact) mass is 248 g/mol. The van der Waals surface area contributed by atoms with Gasteiger partial charge in [0.1, 0.15) is 0 Å². The number of ether oxygens (including phenoxy) is 1. The van der Waals surface area contributed by atoms with Gasteiger partial charge >= 0.3 is 0 Å². The minimum atomic E-state index is 0.0745. The minimum absolute atomic E-state index is 0.0745. The summed E-state index contributed by atoms with van der Waals surface area (Å²) in [6, 6.07) is 8.54. The van der Waals surface area contributed by atoms with Crippen LogP contribution in [0, 0.1) is 0 Å². The zero-order valence-electron chi connectivity index (χ0n) is 11.4. The summed E-state index contributed by atoms with van der Waals surface area (Å²) in [5.74, 6) is 0. The number of benzene rings is 1. The van der Waals surface area contributed by atoms with E-state index in [1.165, 1.54) is 11.3 Å². The van der Waals surface area contributed by atoms with Crippen LogP contribution in [0.2, 0.25) is 0 Å². The summed E-state index contributed by atoms with van der Waals surface area (Å²) in [7, 11) is 0.